The van der Waals surface area contributed by atoms with E-state index in [4.69, 9.17) is 10.8 Å². The first-order chi connectivity index (χ1) is 9.06. The van der Waals surface area contributed by atoms with Crippen molar-refractivity contribution < 1.29 is 9.90 Å². The van der Waals surface area contributed by atoms with Crippen molar-refractivity contribution in [2.75, 3.05) is 5.73 Å². The number of hydrogen-bond donors (Lipinski definition) is 2. The minimum atomic E-state index is -1.10. The summed E-state index contributed by atoms with van der Waals surface area (Å²) in [4.78, 5) is 19.3. The maximum atomic E-state index is 11.0. The van der Waals surface area contributed by atoms with Crippen molar-refractivity contribution in [1.29, 1.82) is 0 Å². The molecule has 100 valence electrons. The molecule has 0 aliphatic rings. The average Bonchev–Trinajstić information content (AvgIpc) is 2.82. The summed E-state index contributed by atoms with van der Waals surface area (Å²) in [5.41, 5.74) is 6.15. The van der Waals surface area contributed by atoms with Gasteiger partial charge in [0.1, 0.15) is 5.82 Å². The van der Waals surface area contributed by atoms with E-state index in [1.54, 1.807) is 0 Å². The Balaban J connectivity index is 2.60. The van der Waals surface area contributed by atoms with E-state index in [1.807, 2.05) is 13.8 Å². The molecule has 2 rings (SSSR count). The van der Waals surface area contributed by atoms with Crippen molar-refractivity contribution in [2.24, 2.45) is 0 Å². The highest BCUT2D eigenvalue weighted by Gasteiger charge is 2.15. The fourth-order valence-corrected chi connectivity index (χ4v) is 1.69. The van der Waals surface area contributed by atoms with E-state index < -0.39 is 5.97 Å². The van der Waals surface area contributed by atoms with Crippen LogP contribution in [0.5, 0.6) is 0 Å². The van der Waals surface area contributed by atoms with E-state index in [1.165, 1.54) is 16.8 Å². The van der Waals surface area contributed by atoms with Gasteiger partial charge in [-0.1, -0.05) is 13.8 Å². The summed E-state index contributed by atoms with van der Waals surface area (Å²) < 4.78 is 1.51. The SMILES string of the molecule is CCc1nc(CC)n(-c2nc(C(=O)O)ccc2N)n1. The van der Waals surface area contributed by atoms with Crippen molar-refractivity contribution in [3.63, 3.8) is 0 Å². The first-order valence-corrected chi connectivity index (χ1v) is 6.01. The third kappa shape index (κ3) is 2.40. The van der Waals surface area contributed by atoms with Crippen molar-refractivity contribution in [3.05, 3.63) is 29.5 Å². The van der Waals surface area contributed by atoms with Gasteiger partial charge in [0.25, 0.3) is 0 Å². The van der Waals surface area contributed by atoms with E-state index in [0.29, 0.717) is 36.0 Å². The third-order valence-corrected chi connectivity index (χ3v) is 2.68. The van der Waals surface area contributed by atoms with Crippen LogP contribution in [-0.4, -0.2) is 30.8 Å². The summed E-state index contributed by atoms with van der Waals surface area (Å²) in [5, 5.41) is 13.3. The molecule has 3 N–H and O–H groups in total. The largest absolute Gasteiger partial charge is 0.477 e. The van der Waals surface area contributed by atoms with Gasteiger partial charge >= 0.3 is 5.97 Å². The Hall–Kier alpha value is -2.44. The molecule has 0 fully saturated rings. The van der Waals surface area contributed by atoms with Crippen LogP contribution in [0.1, 0.15) is 36.0 Å². The van der Waals surface area contributed by atoms with Gasteiger partial charge in [-0.3, -0.25) is 0 Å². The smallest absolute Gasteiger partial charge is 0.354 e. The number of nitrogens with two attached hydrogens (primary N) is 1. The van der Waals surface area contributed by atoms with Crippen molar-refractivity contribution >= 4 is 11.7 Å². The summed E-state index contributed by atoms with van der Waals surface area (Å²) in [6.45, 7) is 3.89. The number of nitrogen functional groups attached to an aromatic ring is 1. The average molecular weight is 261 g/mol. The molecule has 0 aromatic carbocycles. The molecule has 7 nitrogen and oxygen atoms in total. The Bertz CT molecular complexity index is 621. The molecule has 2 aromatic heterocycles. The number of nitrogens with zero attached hydrogens (tertiary/aromatic N) is 4. The third-order valence-electron chi connectivity index (χ3n) is 2.68. The first-order valence-electron chi connectivity index (χ1n) is 6.01. The van der Waals surface area contributed by atoms with Crippen LogP contribution in [0, 0.1) is 0 Å². The molecule has 0 aliphatic heterocycles. The number of hydrogen-bond acceptors (Lipinski definition) is 5. The molecule has 2 heterocycles. The van der Waals surface area contributed by atoms with Crippen molar-refractivity contribution in [1.82, 2.24) is 19.7 Å². The van der Waals surface area contributed by atoms with E-state index in [0.717, 1.165) is 0 Å². The molecular formula is C12H15N5O2. The highest BCUT2D eigenvalue weighted by molar-refractivity contribution is 5.86. The van der Waals surface area contributed by atoms with Crippen LogP contribution >= 0.6 is 0 Å². The van der Waals surface area contributed by atoms with Gasteiger partial charge in [-0.15, -0.1) is 5.10 Å². The van der Waals surface area contributed by atoms with E-state index >= 15 is 0 Å². The molecule has 0 radical (unpaired) electrons. The minimum Gasteiger partial charge on any atom is -0.477 e. The van der Waals surface area contributed by atoms with Crippen LogP contribution in [-0.2, 0) is 12.8 Å². The summed E-state index contributed by atoms with van der Waals surface area (Å²) in [7, 11) is 0. The molecule has 0 spiro atoms. The molecular weight excluding hydrogens is 246 g/mol. The summed E-state index contributed by atoms with van der Waals surface area (Å²) in [5.74, 6) is 0.594. The quantitative estimate of drug-likeness (QED) is 0.852. The number of carbonyl (C=O) groups is 1. The van der Waals surface area contributed by atoms with Gasteiger partial charge in [-0.2, -0.15) is 4.68 Å². The number of aryl methyl sites for hydroxylation is 2. The van der Waals surface area contributed by atoms with E-state index in [-0.39, 0.29) is 5.69 Å². The lowest BCUT2D eigenvalue weighted by molar-refractivity contribution is 0.0690. The summed E-state index contributed by atoms with van der Waals surface area (Å²) >= 11 is 0. The number of rotatable bonds is 4. The van der Waals surface area contributed by atoms with Crippen LogP contribution in [0.25, 0.3) is 5.82 Å². The Labute approximate surface area is 110 Å². The number of anilines is 1. The zero-order valence-electron chi connectivity index (χ0n) is 10.8. The lowest BCUT2D eigenvalue weighted by atomic mass is 10.3. The Morgan fingerprint density at radius 2 is 2.05 bits per heavy atom. The van der Waals surface area contributed by atoms with Crippen molar-refractivity contribution in [2.45, 2.75) is 26.7 Å². The Morgan fingerprint density at radius 3 is 2.63 bits per heavy atom. The Kier molecular flexibility index (Phi) is 3.46. The first kappa shape index (κ1) is 13.0. The minimum absolute atomic E-state index is 0.0696. The standard InChI is InChI=1S/C12H15N5O2/c1-3-9-15-10(4-2)17(16-9)11-7(13)5-6-8(14-11)12(18)19/h5-6H,3-4,13H2,1-2H3,(H,18,19). The van der Waals surface area contributed by atoms with Gasteiger partial charge in [0.2, 0.25) is 0 Å². The number of pyridine rings is 1. The molecule has 0 atom stereocenters. The molecule has 0 saturated heterocycles. The second-order valence-corrected chi connectivity index (χ2v) is 3.98. The molecule has 0 bridgehead atoms. The summed E-state index contributed by atoms with van der Waals surface area (Å²) in [6.07, 6.45) is 1.35. The van der Waals surface area contributed by atoms with Gasteiger partial charge in [-0.25, -0.2) is 14.8 Å². The van der Waals surface area contributed by atoms with Crippen LogP contribution < -0.4 is 5.73 Å². The maximum absolute atomic E-state index is 11.0. The molecule has 0 amide bonds. The Morgan fingerprint density at radius 1 is 1.32 bits per heavy atom. The topological polar surface area (TPSA) is 107 Å². The molecule has 0 unspecified atom stereocenters. The number of aromatic nitrogens is 4. The molecule has 0 saturated carbocycles. The van der Waals surface area contributed by atoms with E-state index in [9.17, 15) is 4.79 Å². The number of carboxylic acid groups (broad SMARTS) is 1. The van der Waals surface area contributed by atoms with E-state index in [2.05, 4.69) is 15.1 Å². The molecule has 0 aliphatic carbocycles. The number of carboxylic acids is 1. The maximum Gasteiger partial charge on any atom is 0.354 e. The zero-order valence-corrected chi connectivity index (χ0v) is 10.8. The van der Waals surface area contributed by atoms with Crippen molar-refractivity contribution in [3.8, 4) is 5.82 Å². The highest BCUT2D eigenvalue weighted by atomic mass is 16.4. The van der Waals surface area contributed by atoms with Gasteiger partial charge in [0, 0.05) is 12.8 Å². The lowest BCUT2D eigenvalue weighted by Crippen LogP contribution is -2.11. The second-order valence-electron chi connectivity index (χ2n) is 3.98. The fourth-order valence-electron chi connectivity index (χ4n) is 1.69. The second kappa shape index (κ2) is 5.05. The molecule has 19 heavy (non-hydrogen) atoms. The zero-order chi connectivity index (χ0) is 14.0. The molecule has 2 aromatic rings. The normalized spacial score (nSPS) is 10.6. The van der Waals surface area contributed by atoms with Gasteiger partial charge in [0.15, 0.2) is 17.3 Å². The predicted molar refractivity (Wildman–Crippen MR) is 69.3 cm³/mol. The van der Waals surface area contributed by atoms with Crippen LogP contribution in [0.4, 0.5) is 5.69 Å². The fraction of sp³-hybridized carbons (Fsp3) is 0.333. The molecule has 7 heteroatoms. The van der Waals surface area contributed by atoms with Gasteiger partial charge in [-0.05, 0) is 12.1 Å². The lowest BCUT2D eigenvalue weighted by Gasteiger charge is -2.07. The van der Waals surface area contributed by atoms with Crippen LogP contribution in [0.3, 0.4) is 0 Å². The van der Waals surface area contributed by atoms with Crippen LogP contribution in [0.2, 0.25) is 0 Å². The monoisotopic (exact) mass is 261 g/mol. The van der Waals surface area contributed by atoms with Gasteiger partial charge in [0.05, 0.1) is 5.69 Å². The summed E-state index contributed by atoms with van der Waals surface area (Å²) in [6, 6.07) is 2.88. The van der Waals surface area contributed by atoms with Crippen LogP contribution in [0.15, 0.2) is 12.1 Å². The highest BCUT2D eigenvalue weighted by Crippen LogP contribution is 2.17. The van der Waals surface area contributed by atoms with Gasteiger partial charge < -0.3 is 10.8 Å². The predicted octanol–water partition coefficient (Wildman–Crippen LogP) is 1.07. The number of aromatic carboxylic acids is 1.